The van der Waals surface area contributed by atoms with E-state index in [0.717, 1.165) is 25.2 Å². The first-order valence-electron chi connectivity index (χ1n) is 5.98. The van der Waals surface area contributed by atoms with E-state index in [9.17, 15) is 4.79 Å². The molecule has 2 heteroatoms. The molecule has 0 aromatic rings. The molecule has 1 unspecified atom stereocenters. The molecule has 2 fully saturated rings. The number of hydrogen-bond acceptors (Lipinski definition) is 2. The highest BCUT2D eigenvalue weighted by Gasteiger charge is 2.22. The minimum Gasteiger partial charge on any atom is -0.300 e. The quantitative estimate of drug-likeness (QED) is 0.713. The summed E-state index contributed by atoms with van der Waals surface area (Å²) in [5.74, 6) is 2.79. The largest absolute Gasteiger partial charge is 0.300 e. The van der Waals surface area contributed by atoms with Crippen LogP contribution >= 0.6 is 11.8 Å². The fraction of sp³-hybridized carbons (Fsp3) is 0.917. The molecule has 0 amide bonds. The Balaban J connectivity index is 1.66. The van der Waals surface area contributed by atoms with Crippen LogP contribution in [0.5, 0.6) is 0 Å². The number of hydrogen-bond donors (Lipinski definition) is 0. The van der Waals surface area contributed by atoms with Crippen LogP contribution in [-0.2, 0) is 4.79 Å². The van der Waals surface area contributed by atoms with E-state index in [2.05, 4.69) is 11.8 Å². The Labute approximate surface area is 91.0 Å². The van der Waals surface area contributed by atoms with Crippen molar-refractivity contribution in [1.29, 1.82) is 0 Å². The van der Waals surface area contributed by atoms with Crippen LogP contribution in [0.15, 0.2) is 0 Å². The van der Waals surface area contributed by atoms with Crippen molar-refractivity contribution in [3.63, 3.8) is 0 Å². The van der Waals surface area contributed by atoms with Gasteiger partial charge in [-0.3, -0.25) is 4.79 Å². The summed E-state index contributed by atoms with van der Waals surface area (Å²) in [5.41, 5.74) is 0. The molecule has 0 N–H and O–H groups in total. The Morgan fingerprint density at radius 1 is 1.14 bits per heavy atom. The third-order valence-electron chi connectivity index (χ3n) is 3.48. The van der Waals surface area contributed by atoms with Gasteiger partial charge in [0.25, 0.3) is 0 Å². The lowest BCUT2D eigenvalue weighted by atomic mass is 9.99. The zero-order valence-corrected chi connectivity index (χ0v) is 9.65. The molecule has 2 aliphatic rings. The van der Waals surface area contributed by atoms with Gasteiger partial charge >= 0.3 is 0 Å². The lowest BCUT2D eigenvalue weighted by Gasteiger charge is -2.21. The minimum atomic E-state index is 0.500. The second-order valence-corrected chi connectivity index (χ2v) is 6.07. The van der Waals surface area contributed by atoms with Crippen molar-refractivity contribution in [1.82, 2.24) is 0 Å². The van der Waals surface area contributed by atoms with Crippen molar-refractivity contribution in [2.24, 2.45) is 5.92 Å². The maximum atomic E-state index is 11.3. The third kappa shape index (κ3) is 3.01. The van der Waals surface area contributed by atoms with Crippen molar-refractivity contribution in [3.8, 4) is 0 Å². The van der Waals surface area contributed by atoms with Crippen LogP contribution in [0, 0.1) is 5.92 Å². The molecular formula is C12H20OS. The van der Waals surface area contributed by atoms with Gasteiger partial charge < -0.3 is 0 Å². The van der Waals surface area contributed by atoms with Crippen LogP contribution in [0.25, 0.3) is 0 Å². The lowest BCUT2D eigenvalue weighted by Crippen LogP contribution is -2.18. The Morgan fingerprint density at radius 3 is 2.64 bits per heavy atom. The molecule has 1 nitrogen and oxygen atoms in total. The van der Waals surface area contributed by atoms with E-state index in [0.29, 0.717) is 11.0 Å². The molecule has 2 saturated carbocycles. The summed E-state index contributed by atoms with van der Waals surface area (Å²) in [5, 5.41) is 0.664. The van der Waals surface area contributed by atoms with Gasteiger partial charge in [0.15, 0.2) is 0 Å². The van der Waals surface area contributed by atoms with Crippen molar-refractivity contribution >= 4 is 17.5 Å². The number of carbonyl (C=O) groups excluding carboxylic acids is 1. The predicted molar refractivity (Wildman–Crippen MR) is 61.7 cm³/mol. The van der Waals surface area contributed by atoms with Gasteiger partial charge in [0, 0.05) is 18.1 Å². The van der Waals surface area contributed by atoms with Gasteiger partial charge in [-0.25, -0.2) is 0 Å². The first-order chi connectivity index (χ1) is 6.84. The fourth-order valence-electron chi connectivity index (χ4n) is 2.58. The molecule has 2 aliphatic carbocycles. The average Bonchev–Trinajstić information content (AvgIpc) is 2.67. The topological polar surface area (TPSA) is 17.1 Å². The van der Waals surface area contributed by atoms with E-state index >= 15 is 0 Å². The van der Waals surface area contributed by atoms with Crippen molar-refractivity contribution < 1.29 is 4.79 Å². The third-order valence-corrected chi connectivity index (χ3v) is 5.02. The second kappa shape index (κ2) is 5.20. The summed E-state index contributed by atoms with van der Waals surface area (Å²) in [7, 11) is 0. The SMILES string of the molecule is O=C1CCCC(SCC2CCCC2)C1. The highest BCUT2D eigenvalue weighted by atomic mass is 32.2. The Kier molecular flexibility index (Phi) is 3.91. The summed E-state index contributed by atoms with van der Waals surface area (Å²) >= 11 is 2.08. The van der Waals surface area contributed by atoms with E-state index in [-0.39, 0.29) is 0 Å². The molecule has 0 saturated heterocycles. The van der Waals surface area contributed by atoms with Gasteiger partial charge in [-0.15, -0.1) is 0 Å². The van der Waals surface area contributed by atoms with Gasteiger partial charge in [0.1, 0.15) is 5.78 Å². The van der Waals surface area contributed by atoms with Crippen LogP contribution in [0.3, 0.4) is 0 Å². The summed E-state index contributed by atoms with van der Waals surface area (Å²) in [6.07, 6.45) is 9.88. The molecule has 2 rings (SSSR count). The maximum Gasteiger partial charge on any atom is 0.134 e. The lowest BCUT2D eigenvalue weighted by molar-refractivity contribution is -0.120. The molecule has 0 spiro atoms. The van der Waals surface area contributed by atoms with Crippen LogP contribution in [0.4, 0.5) is 0 Å². The molecule has 0 aromatic carbocycles. The zero-order chi connectivity index (χ0) is 9.80. The standard InChI is InChI=1S/C12H20OS/c13-11-6-3-7-12(8-11)14-9-10-4-1-2-5-10/h10,12H,1-9H2. The zero-order valence-electron chi connectivity index (χ0n) is 8.84. The molecular weight excluding hydrogens is 192 g/mol. The molecule has 0 aliphatic heterocycles. The van der Waals surface area contributed by atoms with Gasteiger partial charge in [-0.05, 0) is 37.4 Å². The Hall–Kier alpha value is 0.0200. The first-order valence-corrected chi connectivity index (χ1v) is 7.03. The highest BCUT2D eigenvalue weighted by molar-refractivity contribution is 7.99. The Bertz CT molecular complexity index is 196. The maximum absolute atomic E-state index is 11.3. The summed E-state index contributed by atoms with van der Waals surface area (Å²) in [6.45, 7) is 0. The summed E-state index contributed by atoms with van der Waals surface area (Å²) < 4.78 is 0. The van der Waals surface area contributed by atoms with E-state index in [1.54, 1.807) is 0 Å². The van der Waals surface area contributed by atoms with Crippen molar-refractivity contribution in [3.05, 3.63) is 0 Å². The van der Waals surface area contributed by atoms with E-state index in [1.165, 1.54) is 37.9 Å². The monoisotopic (exact) mass is 212 g/mol. The van der Waals surface area contributed by atoms with E-state index in [1.807, 2.05) is 0 Å². The van der Waals surface area contributed by atoms with E-state index in [4.69, 9.17) is 0 Å². The van der Waals surface area contributed by atoms with E-state index < -0.39 is 0 Å². The van der Waals surface area contributed by atoms with Crippen LogP contribution in [-0.4, -0.2) is 16.8 Å². The van der Waals surface area contributed by atoms with Crippen molar-refractivity contribution in [2.45, 2.75) is 56.6 Å². The smallest absolute Gasteiger partial charge is 0.134 e. The van der Waals surface area contributed by atoms with Crippen LogP contribution in [0.2, 0.25) is 0 Å². The average molecular weight is 212 g/mol. The summed E-state index contributed by atoms with van der Waals surface area (Å²) in [6, 6.07) is 0. The first kappa shape index (κ1) is 10.5. The van der Waals surface area contributed by atoms with Gasteiger partial charge in [0.2, 0.25) is 0 Å². The van der Waals surface area contributed by atoms with Gasteiger partial charge in [0.05, 0.1) is 0 Å². The normalized spacial score (nSPS) is 29.7. The second-order valence-electron chi connectivity index (χ2n) is 4.74. The number of ketones is 1. The molecule has 14 heavy (non-hydrogen) atoms. The summed E-state index contributed by atoms with van der Waals surface area (Å²) in [4.78, 5) is 11.3. The number of rotatable bonds is 3. The molecule has 0 aromatic heterocycles. The van der Waals surface area contributed by atoms with Crippen LogP contribution < -0.4 is 0 Å². The van der Waals surface area contributed by atoms with Gasteiger partial charge in [-0.2, -0.15) is 11.8 Å². The number of thioether (sulfide) groups is 1. The fourth-order valence-corrected chi connectivity index (χ4v) is 4.09. The molecule has 1 atom stereocenters. The highest BCUT2D eigenvalue weighted by Crippen LogP contribution is 2.33. The minimum absolute atomic E-state index is 0.500. The number of Topliss-reactive ketones (excluding diaryl/α,β-unsaturated/α-hetero) is 1. The number of carbonyl (C=O) groups is 1. The Morgan fingerprint density at radius 2 is 1.93 bits per heavy atom. The van der Waals surface area contributed by atoms with Crippen molar-refractivity contribution in [2.75, 3.05) is 5.75 Å². The van der Waals surface area contributed by atoms with Gasteiger partial charge in [-0.1, -0.05) is 12.8 Å². The molecule has 0 heterocycles. The molecule has 80 valence electrons. The van der Waals surface area contributed by atoms with Crippen LogP contribution in [0.1, 0.15) is 51.4 Å². The molecule has 0 radical (unpaired) electrons. The molecule has 0 bridgehead atoms. The predicted octanol–water partition coefficient (Wildman–Crippen LogP) is 3.42.